The normalized spacial score (nSPS) is 18.7. The Morgan fingerprint density at radius 3 is 2.26 bits per heavy atom. The van der Waals surface area contributed by atoms with E-state index in [1.165, 1.54) is 28.2 Å². The van der Waals surface area contributed by atoms with Crippen LogP contribution in [0.25, 0.3) is 0 Å². The fourth-order valence-corrected chi connectivity index (χ4v) is 5.81. The molecule has 0 saturated carbocycles. The standard InChI is InChI=1S/C23H32N6O4S/c1-25-11-17-28(18-12-25)34(32,33)21-7-8-22(23(19-21)29(30)31)24-9-10-26-13-15-27(16-14-26)20-5-3-2-4-6-20/h2-8,19,24H,9-18H2,1H3. The average Bonchev–Trinajstić information content (AvgIpc) is 2.85. The maximum absolute atomic E-state index is 13.0. The third kappa shape index (κ3) is 5.66. The molecule has 0 aromatic heterocycles. The summed E-state index contributed by atoms with van der Waals surface area (Å²) in [5.41, 5.74) is 1.34. The highest BCUT2D eigenvalue weighted by molar-refractivity contribution is 7.89. The lowest BCUT2D eigenvalue weighted by molar-refractivity contribution is -0.384. The zero-order chi connectivity index (χ0) is 24.1. The van der Waals surface area contributed by atoms with E-state index in [0.29, 0.717) is 38.4 Å². The van der Waals surface area contributed by atoms with Crippen molar-refractivity contribution >= 4 is 27.1 Å². The second kappa shape index (κ2) is 10.7. The number of piperazine rings is 2. The molecule has 0 bridgehead atoms. The van der Waals surface area contributed by atoms with Crippen LogP contribution in [0.2, 0.25) is 0 Å². The molecule has 10 nitrogen and oxygen atoms in total. The zero-order valence-corrected chi connectivity index (χ0v) is 20.3. The summed E-state index contributed by atoms with van der Waals surface area (Å²) in [6.45, 7) is 7.03. The largest absolute Gasteiger partial charge is 0.378 e. The van der Waals surface area contributed by atoms with E-state index >= 15 is 0 Å². The monoisotopic (exact) mass is 488 g/mol. The van der Waals surface area contributed by atoms with E-state index in [2.05, 4.69) is 32.1 Å². The number of nitro groups is 1. The first-order chi connectivity index (χ1) is 16.3. The number of benzene rings is 2. The molecule has 2 aromatic carbocycles. The number of para-hydroxylation sites is 1. The van der Waals surface area contributed by atoms with Crippen LogP contribution in [0.15, 0.2) is 53.4 Å². The van der Waals surface area contributed by atoms with Crippen LogP contribution in [-0.4, -0.2) is 99.9 Å². The fraction of sp³-hybridized carbons (Fsp3) is 0.478. The average molecular weight is 489 g/mol. The molecule has 2 heterocycles. The summed E-state index contributed by atoms with van der Waals surface area (Å²) < 4.78 is 27.4. The highest BCUT2D eigenvalue weighted by Crippen LogP contribution is 2.29. The van der Waals surface area contributed by atoms with Gasteiger partial charge in [0, 0.05) is 77.2 Å². The molecule has 0 spiro atoms. The Balaban J connectivity index is 1.34. The van der Waals surface area contributed by atoms with Crippen LogP contribution < -0.4 is 10.2 Å². The SMILES string of the molecule is CN1CCN(S(=O)(=O)c2ccc(NCCN3CCN(c4ccccc4)CC3)c([N+](=O)[O-])c2)CC1. The number of nitro benzene ring substituents is 1. The van der Waals surface area contributed by atoms with Gasteiger partial charge in [-0.1, -0.05) is 18.2 Å². The lowest BCUT2D eigenvalue weighted by Crippen LogP contribution is -2.47. The fourth-order valence-electron chi connectivity index (χ4n) is 4.37. The van der Waals surface area contributed by atoms with Gasteiger partial charge >= 0.3 is 0 Å². The van der Waals surface area contributed by atoms with E-state index < -0.39 is 14.9 Å². The molecular weight excluding hydrogens is 456 g/mol. The molecule has 0 unspecified atom stereocenters. The van der Waals surface area contributed by atoms with Crippen LogP contribution in [0, 0.1) is 10.1 Å². The molecule has 0 atom stereocenters. The molecule has 0 aliphatic carbocycles. The maximum Gasteiger partial charge on any atom is 0.293 e. The maximum atomic E-state index is 13.0. The first kappa shape index (κ1) is 24.4. The topological polar surface area (TPSA) is 102 Å². The molecule has 11 heteroatoms. The smallest absolute Gasteiger partial charge is 0.293 e. The number of rotatable bonds is 8. The number of hydrogen-bond donors (Lipinski definition) is 1. The second-order valence-electron chi connectivity index (χ2n) is 8.73. The van der Waals surface area contributed by atoms with Crippen molar-refractivity contribution in [2.24, 2.45) is 0 Å². The number of anilines is 2. The molecule has 2 fully saturated rings. The number of sulfonamides is 1. The molecule has 184 valence electrons. The number of hydrogen-bond acceptors (Lipinski definition) is 8. The highest BCUT2D eigenvalue weighted by atomic mass is 32.2. The summed E-state index contributed by atoms with van der Waals surface area (Å²) in [6.07, 6.45) is 0. The van der Waals surface area contributed by atoms with E-state index in [4.69, 9.17) is 0 Å². The summed E-state index contributed by atoms with van der Waals surface area (Å²) in [5, 5.41) is 14.8. The Kier molecular flexibility index (Phi) is 7.67. The molecule has 2 aliphatic rings. The van der Waals surface area contributed by atoms with Crippen LogP contribution in [-0.2, 0) is 10.0 Å². The van der Waals surface area contributed by atoms with Crippen LogP contribution in [0.3, 0.4) is 0 Å². The van der Waals surface area contributed by atoms with Crippen molar-refractivity contribution < 1.29 is 13.3 Å². The van der Waals surface area contributed by atoms with Crippen LogP contribution in [0.1, 0.15) is 0 Å². The van der Waals surface area contributed by atoms with Gasteiger partial charge in [-0.2, -0.15) is 4.31 Å². The van der Waals surface area contributed by atoms with Crippen molar-refractivity contribution in [3.05, 3.63) is 58.6 Å². The first-order valence-electron chi connectivity index (χ1n) is 11.6. The van der Waals surface area contributed by atoms with E-state index in [1.54, 1.807) is 0 Å². The minimum absolute atomic E-state index is 0.0358. The molecule has 2 aliphatic heterocycles. The minimum atomic E-state index is -3.76. The van der Waals surface area contributed by atoms with Gasteiger partial charge in [0.25, 0.3) is 5.69 Å². The summed E-state index contributed by atoms with van der Waals surface area (Å²) >= 11 is 0. The third-order valence-corrected chi connectivity index (χ3v) is 8.40. The van der Waals surface area contributed by atoms with Gasteiger partial charge in [0.05, 0.1) is 9.82 Å². The molecule has 2 saturated heterocycles. The van der Waals surface area contributed by atoms with Crippen molar-refractivity contribution in [2.45, 2.75) is 4.90 Å². The van der Waals surface area contributed by atoms with Crippen molar-refractivity contribution in [1.82, 2.24) is 14.1 Å². The summed E-state index contributed by atoms with van der Waals surface area (Å²) in [6, 6.07) is 14.5. The third-order valence-electron chi connectivity index (χ3n) is 6.50. The summed E-state index contributed by atoms with van der Waals surface area (Å²) in [5.74, 6) is 0. The van der Waals surface area contributed by atoms with Gasteiger partial charge < -0.3 is 15.1 Å². The number of nitrogens with one attached hydrogen (secondary N) is 1. The van der Waals surface area contributed by atoms with Gasteiger partial charge in [-0.3, -0.25) is 15.0 Å². The first-order valence-corrected chi connectivity index (χ1v) is 13.0. The Hall–Kier alpha value is -2.73. The van der Waals surface area contributed by atoms with E-state index in [0.717, 1.165) is 32.7 Å². The predicted molar refractivity (Wildman–Crippen MR) is 133 cm³/mol. The van der Waals surface area contributed by atoms with Gasteiger partial charge in [0.15, 0.2) is 0 Å². The van der Waals surface area contributed by atoms with Crippen LogP contribution in [0.5, 0.6) is 0 Å². The Morgan fingerprint density at radius 2 is 1.62 bits per heavy atom. The van der Waals surface area contributed by atoms with Gasteiger partial charge in [0.1, 0.15) is 5.69 Å². The lowest BCUT2D eigenvalue weighted by Gasteiger charge is -2.36. The van der Waals surface area contributed by atoms with E-state index in [9.17, 15) is 18.5 Å². The van der Waals surface area contributed by atoms with Crippen molar-refractivity contribution in [3.8, 4) is 0 Å². The Labute approximate surface area is 200 Å². The van der Waals surface area contributed by atoms with E-state index in [-0.39, 0.29) is 10.6 Å². The molecule has 1 N–H and O–H groups in total. The van der Waals surface area contributed by atoms with Crippen LogP contribution >= 0.6 is 0 Å². The van der Waals surface area contributed by atoms with Crippen molar-refractivity contribution in [2.75, 3.05) is 82.7 Å². The molecule has 2 aromatic rings. The molecular formula is C23H32N6O4S. The molecule has 4 rings (SSSR count). The molecule has 0 radical (unpaired) electrons. The predicted octanol–water partition coefficient (Wildman–Crippen LogP) is 1.77. The lowest BCUT2D eigenvalue weighted by atomic mass is 10.2. The Bertz CT molecular complexity index is 1080. The quantitative estimate of drug-likeness (QED) is 0.443. The van der Waals surface area contributed by atoms with E-state index in [1.807, 2.05) is 25.2 Å². The Morgan fingerprint density at radius 1 is 0.941 bits per heavy atom. The molecule has 0 amide bonds. The number of nitrogens with zero attached hydrogens (tertiary/aromatic N) is 5. The highest BCUT2D eigenvalue weighted by Gasteiger charge is 2.29. The molecule has 34 heavy (non-hydrogen) atoms. The van der Waals surface area contributed by atoms with Gasteiger partial charge in [-0.25, -0.2) is 8.42 Å². The summed E-state index contributed by atoms with van der Waals surface area (Å²) in [7, 11) is -1.82. The van der Waals surface area contributed by atoms with Gasteiger partial charge in [0.2, 0.25) is 10.0 Å². The van der Waals surface area contributed by atoms with Gasteiger partial charge in [-0.05, 0) is 31.3 Å². The zero-order valence-electron chi connectivity index (χ0n) is 19.5. The second-order valence-corrected chi connectivity index (χ2v) is 10.7. The number of likely N-dealkylation sites (N-methyl/N-ethyl adjacent to an activating group) is 1. The van der Waals surface area contributed by atoms with Crippen molar-refractivity contribution in [1.29, 1.82) is 0 Å². The minimum Gasteiger partial charge on any atom is -0.378 e. The summed E-state index contributed by atoms with van der Waals surface area (Å²) in [4.78, 5) is 17.9. The van der Waals surface area contributed by atoms with Crippen LogP contribution in [0.4, 0.5) is 17.1 Å². The van der Waals surface area contributed by atoms with Crippen molar-refractivity contribution in [3.63, 3.8) is 0 Å². The van der Waals surface area contributed by atoms with Gasteiger partial charge in [-0.15, -0.1) is 0 Å².